The summed E-state index contributed by atoms with van der Waals surface area (Å²) < 4.78 is 6.06. The maximum absolute atomic E-state index is 6.06. The fourth-order valence-corrected chi connectivity index (χ4v) is 4.50. The van der Waals surface area contributed by atoms with Gasteiger partial charge in [-0.15, -0.1) is 0 Å². The first-order valence-electron chi connectivity index (χ1n) is 8.27. The molecule has 0 radical (unpaired) electrons. The first-order chi connectivity index (χ1) is 9.35. The summed E-state index contributed by atoms with van der Waals surface area (Å²) >= 11 is 2.07. The molecule has 2 atom stereocenters. The molecule has 1 aliphatic heterocycles. The van der Waals surface area contributed by atoms with E-state index in [1.807, 2.05) is 0 Å². The van der Waals surface area contributed by atoms with Gasteiger partial charge in [-0.1, -0.05) is 33.1 Å². The smallest absolute Gasteiger partial charge is 0.0821 e. The lowest BCUT2D eigenvalue weighted by Gasteiger charge is -2.39. The standard InChI is InChI=1S/C16H31NOS/c1-3-9-17-16(15-12-19-11-10-18-15)14-7-5-13(4-2)6-8-14/h13-17H,3-12H2,1-2H3. The molecule has 0 aromatic carbocycles. The fourth-order valence-electron chi connectivity index (χ4n) is 3.58. The Morgan fingerprint density at radius 2 is 2.00 bits per heavy atom. The zero-order valence-corrected chi connectivity index (χ0v) is 13.5. The third kappa shape index (κ3) is 4.64. The zero-order chi connectivity index (χ0) is 13.5. The molecule has 2 rings (SSSR count). The molecule has 0 bridgehead atoms. The molecule has 2 nitrogen and oxygen atoms in total. The number of nitrogens with one attached hydrogen (secondary N) is 1. The summed E-state index contributed by atoms with van der Waals surface area (Å²) in [5, 5.41) is 3.80. The highest BCUT2D eigenvalue weighted by Gasteiger charge is 2.33. The summed E-state index contributed by atoms with van der Waals surface area (Å²) in [5.74, 6) is 4.21. The first-order valence-corrected chi connectivity index (χ1v) is 9.43. The van der Waals surface area contributed by atoms with Gasteiger partial charge in [0.2, 0.25) is 0 Å². The Morgan fingerprint density at radius 1 is 1.21 bits per heavy atom. The van der Waals surface area contributed by atoms with E-state index in [0.29, 0.717) is 12.1 Å². The molecular weight excluding hydrogens is 254 g/mol. The van der Waals surface area contributed by atoms with E-state index in [0.717, 1.165) is 25.0 Å². The second-order valence-electron chi connectivity index (χ2n) is 6.15. The van der Waals surface area contributed by atoms with E-state index in [1.165, 1.54) is 50.0 Å². The molecule has 112 valence electrons. The van der Waals surface area contributed by atoms with Gasteiger partial charge >= 0.3 is 0 Å². The number of hydrogen-bond acceptors (Lipinski definition) is 3. The number of hydrogen-bond donors (Lipinski definition) is 1. The highest BCUT2D eigenvalue weighted by Crippen LogP contribution is 2.34. The number of ether oxygens (including phenoxy) is 1. The molecule has 1 heterocycles. The molecule has 2 fully saturated rings. The molecule has 1 aliphatic carbocycles. The van der Waals surface area contributed by atoms with Crippen LogP contribution in [0.2, 0.25) is 0 Å². The second-order valence-corrected chi connectivity index (χ2v) is 7.30. The van der Waals surface area contributed by atoms with Gasteiger partial charge in [-0.05, 0) is 37.6 Å². The molecule has 0 aromatic heterocycles. The first kappa shape index (κ1) is 15.7. The lowest BCUT2D eigenvalue weighted by Crippen LogP contribution is -2.50. The van der Waals surface area contributed by atoms with E-state index in [1.54, 1.807) is 0 Å². The number of thioether (sulfide) groups is 1. The van der Waals surface area contributed by atoms with Crippen LogP contribution in [0.4, 0.5) is 0 Å². The largest absolute Gasteiger partial charge is 0.375 e. The van der Waals surface area contributed by atoms with Crippen LogP contribution in [-0.4, -0.2) is 36.8 Å². The third-order valence-electron chi connectivity index (χ3n) is 4.85. The third-order valence-corrected chi connectivity index (χ3v) is 5.87. The van der Waals surface area contributed by atoms with Crippen LogP contribution in [0.15, 0.2) is 0 Å². The van der Waals surface area contributed by atoms with Gasteiger partial charge in [-0.25, -0.2) is 0 Å². The highest BCUT2D eigenvalue weighted by molar-refractivity contribution is 7.99. The van der Waals surface area contributed by atoms with E-state index in [4.69, 9.17) is 4.74 Å². The topological polar surface area (TPSA) is 21.3 Å². The van der Waals surface area contributed by atoms with Gasteiger partial charge in [0.1, 0.15) is 0 Å². The van der Waals surface area contributed by atoms with Crippen LogP contribution in [0.3, 0.4) is 0 Å². The molecule has 19 heavy (non-hydrogen) atoms. The minimum atomic E-state index is 0.452. The maximum Gasteiger partial charge on any atom is 0.0821 e. The molecule has 1 saturated heterocycles. The van der Waals surface area contributed by atoms with Crippen molar-refractivity contribution < 1.29 is 4.74 Å². The predicted molar refractivity (Wildman–Crippen MR) is 84.9 cm³/mol. The molecule has 0 spiro atoms. The van der Waals surface area contributed by atoms with Gasteiger partial charge in [0, 0.05) is 17.5 Å². The Hall–Kier alpha value is 0.270. The van der Waals surface area contributed by atoms with Gasteiger partial charge in [0.25, 0.3) is 0 Å². The van der Waals surface area contributed by atoms with E-state index < -0.39 is 0 Å². The summed E-state index contributed by atoms with van der Waals surface area (Å²) in [7, 11) is 0. The maximum atomic E-state index is 6.06. The van der Waals surface area contributed by atoms with Crippen LogP contribution in [0.25, 0.3) is 0 Å². The average Bonchev–Trinajstić information content (AvgIpc) is 2.49. The van der Waals surface area contributed by atoms with Gasteiger partial charge in [0.05, 0.1) is 12.7 Å². The van der Waals surface area contributed by atoms with Crippen LogP contribution in [0, 0.1) is 11.8 Å². The number of rotatable bonds is 6. The Bertz CT molecular complexity index is 235. The second kappa shape index (κ2) is 8.53. The highest BCUT2D eigenvalue weighted by atomic mass is 32.2. The van der Waals surface area contributed by atoms with E-state index >= 15 is 0 Å². The van der Waals surface area contributed by atoms with Crippen LogP contribution in [0.5, 0.6) is 0 Å². The van der Waals surface area contributed by atoms with Crippen LogP contribution >= 0.6 is 11.8 Å². The lowest BCUT2D eigenvalue weighted by atomic mass is 9.76. The zero-order valence-electron chi connectivity index (χ0n) is 12.7. The van der Waals surface area contributed by atoms with Crippen molar-refractivity contribution in [3.05, 3.63) is 0 Å². The molecular formula is C16H31NOS. The van der Waals surface area contributed by atoms with Crippen LogP contribution in [0.1, 0.15) is 52.4 Å². The van der Waals surface area contributed by atoms with Crippen molar-refractivity contribution in [1.29, 1.82) is 0 Å². The predicted octanol–water partition coefficient (Wildman–Crippen LogP) is 3.70. The summed E-state index contributed by atoms with van der Waals surface area (Å²) in [6, 6.07) is 0.602. The summed E-state index contributed by atoms with van der Waals surface area (Å²) in [6.07, 6.45) is 8.73. The SMILES string of the molecule is CCCNC(C1CCC(CC)CC1)C1CSCCO1. The molecule has 1 saturated carbocycles. The Kier molecular flexibility index (Phi) is 7.03. The van der Waals surface area contributed by atoms with Gasteiger partial charge < -0.3 is 10.1 Å². The molecule has 1 N–H and O–H groups in total. The van der Waals surface area contributed by atoms with Crippen molar-refractivity contribution in [2.75, 3.05) is 24.7 Å². The van der Waals surface area contributed by atoms with Gasteiger partial charge in [-0.2, -0.15) is 11.8 Å². The van der Waals surface area contributed by atoms with Crippen LogP contribution < -0.4 is 5.32 Å². The van der Waals surface area contributed by atoms with Gasteiger partial charge in [0.15, 0.2) is 0 Å². The van der Waals surface area contributed by atoms with E-state index in [2.05, 4.69) is 30.9 Å². The van der Waals surface area contributed by atoms with Crippen molar-refractivity contribution >= 4 is 11.8 Å². The summed E-state index contributed by atoms with van der Waals surface area (Å²) in [4.78, 5) is 0. The van der Waals surface area contributed by atoms with Crippen molar-refractivity contribution in [3.8, 4) is 0 Å². The quantitative estimate of drug-likeness (QED) is 0.804. The Balaban J connectivity index is 1.88. The Labute approximate surface area is 123 Å². The van der Waals surface area contributed by atoms with Crippen molar-refractivity contribution in [2.24, 2.45) is 11.8 Å². The molecule has 2 unspecified atom stereocenters. The molecule has 2 aliphatic rings. The normalized spacial score (nSPS) is 34.1. The van der Waals surface area contributed by atoms with E-state index in [9.17, 15) is 0 Å². The summed E-state index contributed by atoms with van der Waals surface area (Å²) in [6.45, 7) is 6.69. The molecule has 0 aromatic rings. The van der Waals surface area contributed by atoms with Crippen molar-refractivity contribution in [2.45, 2.75) is 64.5 Å². The van der Waals surface area contributed by atoms with Crippen molar-refractivity contribution in [1.82, 2.24) is 5.32 Å². The fraction of sp³-hybridized carbons (Fsp3) is 1.00. The van der Waals surface area contributed by atoms with Crippen LogP contribution in [-0.2, 0) is 4.74 Å². The lowest BCUT2D eigenvalue weighted by molar-refractivity contribution is 0.0204. The molecule has 3 heteroatoms. The van der Waals surface area contributed by atoms with Gasteiger partial charge in [-0.3, -0.25) is 0 Å². The minimum Gasteiger partial charge on any atom is -0.375 e. The van der Waals surface area contributed by atoms with E-state index in [-0.39, 0.29) is 0 Å². The average molecular weight is 285 g/mol. The Morgan fingerprint density at radius 3 is 2.58 bits per heavy atom. The van der Waals surface area contributed by atoms with Crippen molar-refractivity contribution in [3.63, 3.8) is 0 Å². The summed E-state index contributed by atoms with van der Waals surface area (Å²) in [5.41, 5.74) is 0. The monoisotopic (exact) mass is 285 g/mol. The minimum absolute atomic E-state index is 0.452. The molecule has 0 amide bonds.